The first-order valence-corrected chi connectivity index (χ1v) is 8.67. The molecule has 0 unspecified atom stereocenters. The predicted octanol–water partition coefficient (Wildman–Crippen LogP) is 2.92. The van der Waals surface area contributed by atoms with Crippen LogP contribution in [0.2, 0.25) is 0 Å². The van der Waals surface area contributed by atoms with Crippen molar-refractivity contribution in [3.63, 3.8) is 0 Å². The van der Waals surface area contributed by atoms with Crippen LogP contribution < -0.4 is 10.6 Å². The minimum Gasteiger partial charge on any atom is -0.323 e. The predicted molar refractivity (Wildman–Crippen MR) is 95.7 cm³/mol. The molecule has 1 heterocycles. The molecule has 2 rings (SSSR count). The van der Waals surface area contributed by atoms with Crippen molar-refractivity contribution in [3.05, 3.63) is 40.7 Å². The van der Waals surface area contributed by atoms with Crippen molar-refractivity contribution >= 4 is 29.3 Å². The summed E-state index contributed by atoms with van der Waals surface area (Å²) in [6.45, 7) is 4.87. The summed E-state index contributed by atoms with van der Waals surface area (Å²) >= 11 is 0.986. The zero-order chi connectivity index (χ0) is 19.5. The number of nitriles is 2. The number of rotatable bonds is 4. The third-order valence-corrected chi connectivity index (χ3v) is 5.24. The number of benzene rings is 1. The van der Waals surface area contributed by atoms with Crippen LogP contribution >= 0.6 is 11.8 Å². The molecule has 0 aromatic heterocycles. The van der Waals surface area contributed by atoms with Gasteiger partial charge < -0.3 is 10.6 Å². The smallest absolute Gasteiger partial charge is 0.243 e. The number of nitrogens with zero attached hydrogens (tertiary/aromatic N) is 2. The van der Waals surface area contributed by atoms with Crippen LogP contribution in [-0.2, 0) is 9.59 Å². The second kappa shape index (κ2) is 7.59. The van der Waals surface area contributed by atoms with E-state index in [1.807, 2.05) is 12.1 Å². The van der Waals surface area contributed by atoms with Gasteiger partial charge in [-0.3, -0.25) is 9.59 Å². The highest BCUT2D eigenvalue weighted by Crippen LogP contribution is 2.42. The molecule has 0 saturated carbocycles. The maximum Gasteiger partial charge on any atom is 0.243 e. The average molecular weight is 372 g/mol. The van der Waals surface area contributed by atoms with Crippen LogP contribution in [-0.4, -0.2) is 17.1 Å². The van der Waals surface area contributed by atoms with Gasteiger partial charge in [0.2, 0.25) is 11.8 Å². The molecule has 0 fully saturated rings. The van der Waals surface area contributed by atoms with Crippen LogP contribution in [0.25, 0.3) is 0 Å². The van der Waals surface area contributed by atoms with Crippen molar-refractivity contribution in [2.24, 2.45) is 11.3 Å². The van der Waals surface area contributed by atoms with Gasteiger partial charge in [-0.1, -0.05) is 37.7 Å². The number of amides is 2. The molecule has 1 aliphatic heterocycles. The van der Waals surface area contributed by atoms with Gasteiger partial charge in [0.25, 0.3) is 0 Å². The third-order valence-electron chi connectivity index (χ3n) is 4.13. The Labute approximate surface area is 155 Å². The summed E-state index contributed by atoms with van der Waals surface area (Å²) in [6, 6.07) is 9.73. The summed E-state index contributed by atoms with van der Waals surface area (Å²) in [5.41, 5.74) is -0.688. The van der Waals surface area contributed by atoms with E-state index in [0.29, 0.717) is 0 Å². The fraction of sp³-hybridized carbons (Fsp3) is 0.333. The lowest BCUT2D eigenvalue weighted by Gasteiger charge is -2.35. The second-order valence-electron chi connectivity index (χ2n) is 6.32. The third kappa shape index (κ3) is 3.71. The number of allylic oxidation sites excluding steroid dienone is 1. The van der Waals surface area contributed by atoms with Gasteiger partial charge in [0, 0.05) is 5.41 Å². The van der Waals surface area contributed by atoms with Gasteiger partial charge in [-0.15, -0.1) is 0 Å². The Morgan fingerprint density at radius 1 is 1.38 bits per heavy atom. The molecule has 0 radical (unpaired) electrons. The minimum absolute atomic E-state index is 0.0528. The summed E-state index contributed by atoms with van der Waals surface area (Å²) in [7, 11) is 0. The number of thioether (sulfide) groups is 1. The second-order valence-corrected chi connectivity index (χ2v) is 7.67. The lowest BCUT2D eigenvalue weighted by Crippen LogP contribution is -2.45. The molecule has 0 bridgehead atoms. The Kier molecular flexibility index (Phi) is 5.69. The molecule has 0 aliphatic carbocycles. The van der Waals surface area contributed by atoms with Crippen LogP contribution in [0.4, 0.5) is 10.1 Å². The van der Waals surface area contributed by atoms with Crippen molar-refractivity contribution < 1.29 is 14.0 Å². The summed E-state index contributed by atoms with van der Waals surface area (Å²) in [5.74, 6) is -2.54. The quantitative estimate of drug-likeness (QED) is 0.845. The van der Waals surface area contributed by atoms with Crippen molar-refractivity contribution in [1.82, 2.24) is 5.32 Å². The first-order valence-electron chi connectivity index (χ1n) is 7.79. The molecule has 6 nitrogen and oxygen atoms in total. The SMILES string of the molecule is C[C@@H](SC1=C(C#N)C(C)(C)[C@H](C#N)C(=O)N1)C(=O)Nc1ccccc1F. The summed E-state index contributed by atoms with van der Waals surface area (Å²) in [4.78, 5) is 24.5. The first kappa shape index (κ1) is 19.5. The number of nitrogens with one attached hydrogen (secondary N) is 2. The van der Waals surface area contributed by atoms with Gasteiger partial charge in [-0.25, -0.2) is 4.39 Å². The molecule has 1 aromatic carbocycles. The zero-order valence-electron chi connectivity index (χ0n) is 14.5. The van der Waals surface area contributed by atoms with E-state index in [-0.39, 0.29) is 16.3 Å². The highest BCUT2D eigenvalue weighted by Gasteiger charge is 2.45. The van der Waals surface area contributed by atoms with Crippen LogP contribution in [0.3, 0.4) is 0 Å². The Balaban J connectivity index is 2.23. The molecule has 1 aliphatic rings. The largest absolute Gasteiger partial charge is 0.323 e. The number of para-hydroxylation sites is 1. The monoisotopic (exact) mass is 372 g/mol. The van der Waals surface area contributed by atoms with Crippen LogP contribution in [0.5, 0.6) is 0 Å². The summed E-state index contributed by atoms with van der Waals surface area (Å²) in [5, 5.41) is 23.2. The number of carbonyl (C=O) groups is 2. The summed E-state index contributed by atoms with van der Waals surface area (Å²) < 4.78 is 13.7. The Morgan fingerprint density at radius 2 is 2.04 bits per heavy atom. The van der Waals surface area contributed by atoms with E-state index in [0.717, 1.165) is 11.8 Å². The van der Waals surface area contributed by atoms with E-state index in [4.69, 9.17) is 0 Å². The molecule has 0 saturated heterocycles. The van der Waals surface area contributed by atoms with Crippen LogP contribution in [0.1, 0.15) is 20.8 Å². The number of hydrogen-bond acceptors (Lipinski definition) is 5. The van der Waals surface area contributed by atoms with Crippen molar-refractivity contribution in [2.75, 3.05) is 5.32 Å². The molecule has 2 amide bonds. The molecule has 2 atom stereocenters. The highest BCUT2D eigenvalue weighted by atomic mass is 32.2. The van der Waals surface area contributed by atoms with E-state index in [1.165, 1.54) is 18.2 Å². The van der Waals surface area contributed by atoms with E-state index in [9.17, 15) is 24.5 Å². The van der Waals surface area contributed by atoms with E-state index >= 15 is 0 Å². The van der Waals surface area contributed by atoms with E-state index in [1.54, 1.807) is 26.8 Å². The van der Waals surface area contributed by atoms with Crippen LogP contribution in [0.15, 0.2) is 34.9 Å². The van der Waals surface area contributed by atoms with Gasteiger partial charge in [0.15, 0.2) is 0 Å². The number of halogens is 1. The standard InChI is InChI=1S/C18H17FN4O2S/c1-10(15(24)22-14-7-5-4-6-13(14)19)26-17-12(9-21)18(2,3)11(8-20)16(25)23-17/h4-7,10-11H,1-3H3,(H,22,24)(H,23,25)/t10-,11-/m1/s1. The van der Waals surface area contributed by atoms with Gasteiger partial charge in [-0.05, 0) is 19.1 Å². The van der Waals surface area contributed by atoms with Crippen molar-refractivity contribution in [3.8, 4) is 12.1 Å². The summed E-state index contributed by atoms with van der Waals surface area (Å²) in [6.07, 6.45) is 0. The number of hydrogen-bond donors (Lipinski definition) is 2. The molecular formula is C18H17FN4O2S. The minimum atomic E-state index is -0.996. The zero-order valence-corrected chi connectivity index (χ0v) is 15.3. The molecule has 0 spiro atoms. The Hall–Kier alpha value is -2.84. The van der Waals surface area contributed by atoms with Crippen LogP contribution in [0, 0.1) is 39.8 Å². The first-order chi connectivity index (χ1) is 12.2. The normalized spacial score (nSPS) is 19.8. The van der Waals surface area contributed by atoms with Gasteiger partial charge >= 0.3 is 0 Å². The molecule has 1 aromatic rings. The number of anilines is 1. The Bertz CT molecular complexity index is 867. The molecule has 2 N–H and O–H groups in total. The topological polar surface area (TPSA) is 106 Å². The average Bonchev–Trinajstić information content (AvgIpc) is 2.56. The van der Waals surface area contributed by atoms with E-state index in [2.05, 4.69) is 10.6 Å². The van der Waals surface area contributed by atoms with Gasteiger partial charge in [-0.2, -0.15) is 10.5 Å². The highest BCUT2D eigenvalue weighted by molar-refractivity contribution is 8.04. The fourth-order valence-electron chi connectivity index (χ4n) is 2.54. The van der Waals surface area contributed by atoms with E-state index < -0.39 is 34.2 Å². The molecule has 134 valence electrons. The molecule has 26 heavy (non-hydrogen) atoms. The van der Waals surface area contributed by atoms with Gasteiger partial charge in [0.05, 0.1) is 33.7 Å². The van der Waals surface area contributed by atoms with Crippen molar-refractivity contribution in [2.45, 2.75) is 26.0 Å². The molecular weight excluding hydrogens is 355 g/mol. The Morgan fingerprint density at radius 3 is 2.62 bits per heavy atom. The lowest BCUT2D eigenvalue weighted by molar-refractivity contribution is -0.125. The van der Waals surface area contributed by atoms with Gasteiger partial charge in [0.1, 0.15) is 11.7 Å². The molecule has 8 heteroatoms. The van der Waals surface area contributed by atoms with Crippen molar-refractivity contribution in [1.29, 1.82) is 10.5 Å². The maximum absolute atomic E-state index is 13.7. The lowest BCUT2D eigenvalue weighted by atomic mass is 9.72. The fourth-order valence-corrected chi connectivity index (χ4v) is 3.65. The maximum atomic E-state index is 13.7. The number of carbonyl (C=O) groups excluding carboxylic acids is 2.